The number of rotatable bonds is 3. The minimum atomic E-state index is -4.13. The number of anilines is 1. The van der Waals surface area contributed by atoms with E-state index in [0.29, 0.717) is 12.5 Å². The van der Waals surface area contributed by atoms with Crippen LogP contribution in [-0.4, -0.2) is 35.8 Å². The number of pyridine rings is 1. The molecule has 10 heteroatoms. The predicted octanol–water partition coefficient (Wildman–Crippen LogP) is 2.67. The van der Waals surface area contributed by atoms with Crippen LogP contribution < -0.4 is 14.8 Å². The molecule has 2 aromatic rings. The summed E-state index contributed by atoms with van der Waals surface area (Å²) in [5.74, 6) is 0.518. The third kappa shape index (κ3) is 3.05. The number of hydrogen-bond donors (Lipinski definition) is 2. The molecule has 2 atom stereocenters. The van der Waals surface area contributed by atoms with Crippen molar-refractivity contribution in [1.29, 1.82) is 0 Å². The third-order valence-corrected chi connectivity index (χ3v) is 7.63. The van der Waals surface area contributed by atoms with Crippen LogP contribution in [0.25, 0.3) is 0 Å². The minimum Gasteiger partial charge on any atom is -0.477 e. The van der Waals surface area contributed by atoms with Gasteiger partial charge in [0.15, 0.2) is 4.90 Å². The fourth-order valence-corrected chi connectivity index (χ4v) is 5.66. The summed E-state index contributed by atoms with van der Waals surface area (Å²) in [5, 5.41) is 6.96. The first-order valence-corrected chi connectivity index (χ1v) is 11.9. The van der Waals surface area contributed by atoms with E-state index in [2.05, 4.69) is 22.1 Å². The molecule has 5 rings (SSSR count). The van der Waals surface area contributed by atoms with Crippen molar-refractivity contribution in [2.45, 2.75) is 69.2 Å². The molecule has 0 saturated heterocycles. The Morgan fingerprint density at radius 1 is 1.20 bits per heavy atom. The fourth-order valence-electron chi connectivity index (χ4n) is 4.69. The Morgan fingerprint density at radius 2 is 2.03 bits per heavy atom. The molecule has 2 unspecified atom stereocenters. The number of carbonyl (C=O) groups excluding carboxylic acids is 1. The first-order chi connectivity index (χ1) is 14.3. The van der Waals surface area contributed by atoms with Crippen LogP contribution in [0.2, 0.25) is 0 Å². The molecule has 2 N–H and O–H groups in total. The van der Waals surface area contributed by atoms with Crippen molar-refractivity contribution < 1.29 is 17.9 Å². The molecular weight excluding hydrogens is 406 g/mol. The molecule has 160 valence electrons. The highest BCUT2D eigenvalue weighted by Gasteiger charge is 2.33. The average Bonchev–Trinajstić information content (AvgIpc) is 3.40. The molecule has 0 radical (unpaired) electrons. The van der Waals surface area contributed by atoms with Crippen molar-refractivity contribution in [3.63, 3.8) is 0 Å². The second-order valence-corrected chi connectivity index (χ2v) is 10.0. The molecule has 0 saturated carbocycles. The number of nitrogens with zero attached hydrogens (tertiary/aromatic N) is 3. The van der Waals surface area contributed by atoms with Gasteiger partial charge in [-0.2, -0.15) is 5.10 Å². The zero-order valence-corrected chi connectivity index (χ0v) is 17.9. The van der Waals surface area contributed by atoms with E-state index in [1.807, 2.05) is 6.92 Å². The maximum absolute atomic E-state index is 12.9. The Bertz CT molecular complexity index is 1140. The number of hydrogen-bond acceptors (Lipinski definition) is 6. The van der Waals surface area contributed by atoms with Crippen molar-refractivity contribution in [3.8, 4) is 5.88 Å². The summed E-state index contributed by atoms with van der Waals surface area (Å²) in [4.78, 5) is 17.5. The molecule has 3 aliphatic rings. The van der Waals surface area contributed by atoms with E-state index in [4.69, 9.17) is 9.72 Å². The molecule has 9 nitrogen and oxygen atoms in total. The van der Waals surface area contributed by atoms with E-state index in [1.165, 1.54) is 6.20 Å². The van der Waals surface area contributed by atoms with Gasteiger partial charge in [-0.3, -0.25) is 4.98 Å². The van der Waals surface area contributed by atoms with Crippen LogP contribution in [0, 0.1) is 0 Å². The van der Waals surface area contributed by atoms with Crippen molar-refractivity contribution in [2.24, 2.45) is 0 Å². The number of carbonyl (C=O) groups is 1. The Labute approximate surface area is 175 Å². The fraction of sp³-hybridized carbons (Fsp3) is 0.550. The zero-order chi connectivity index (χ0) is 21.0. The first kappa shape index (κ1) is 19.3. The number of aryl methyl sites for hydroxylation is 1. The van der Waals surface area contributed by atoms with Gasteiger partial charge >= 0.3 is 6.03 Å². The van der Waals surface area contributed by atoms with Gasteiger partial charge in [0.05, 0.1) is 24.5 Å². The summed E-state index contributed by atoms with van der Waals surface area (Å²) in [7, 11) is -4.13. The number of nitrogens with one attached hydrogen (secondary N) is 2. The van der Waals surface area contributed by atoms with Crippen LogP contribution in [0.15, 0.2) is 11.1 Å². The number of fused-ring (bicyclic) bond motifs is 3. The summed E-state index contributed by atoms with van der Waals surface area (Å²) in [6, 6.07) is -0.739. The summed E-state index contributed by atoms with van der Waals surface area (Å²) in [6.45, 7) is 4.49. The molecule has 30 heavy (non-hydrogen) atoms. The van der Waals surface area contributed by atoms with Gasteiger partial charge in [0.1, 0.15) is 0 Å². The number of urea groups is 1. The Hall–Kier alpha value is -2.62. The van der Waals surface area contributed by atoms with E-state index in [-0.39, 0.29) is 16.8 Å². The highest BCUT2D eigenvalue weighted by Crippen LogP contribution is 2.41. The van der Waals surface area contributed by atoms with Crippen LogP contribution in [0.5, 0.6) is 5.88 Å². The average molecular weight is 432 g/mol. The standard InChI is InChI=1S/C20H25N5O4S/c1-11-6-7-14-17(11)22-15-5-3-4-13(15)18(14)23-20(26)24-30(27,28)16-10-21-25-12(2)8-9-29-19(16)25/h10-12H,3-9H2,1-2H3,(H2,22,23,24,26). The lowest BCUT2D eigenvalue weighted by atomic mass is 10.0. The van der Waals surface area contributed by atoms with E-state index in [1.54, 1.807) is 4.68 Å². The summed E-state index contributed by atoms with van der Waals surface area (Å²) >= 11 is 0. The molecule has 2 aromatic heterocycles. The summed E-state index contributed by atoms with van der Waals surface area (Å²) in [5.41, 5.74) is 4.87. The number of aromatic nitrogens is 3. The van der Waals surface area contributed by atoms with Gasteiger partial charge in [0.2, 0.25) is 5.88 Å². The van der Waals surface area contributed by atoms with Crippen LogP contribution >= 0.6 is 0 Å². The lowest BCUT2D eigenvalue weighted by Crippen LogP contribution is -2.35. The van der Waals surface area contributed by atoms with E-state index in [9.17, 15) is 13.2 Å². The van der Waals surface area contributed by atoms with Crippen LogP contribution in [0.3, 0.4) is 0 Å². The summed E-state index contributed by atoms with van der Waals surface area (Å²) in [6.07, 6.45) is 6.53. The molecule has 2 aliphatic carbocycles. The largest absolute Gasteiger partial charge is 0.477 e. The molecule has 2 amide bonds. The molecule has 3 heterocycles. The first-order valence-electron chi connectivity index (χ1n) is 10.4. The molecule has 0 bridgehead atoms. The quantitative estimate of drug-likeness (QED) is 0.772. The maximum atomic E-state index is 12.9. The molecule has 0 fully saturated rings. The normalized spacial score (nSPS) is 22.1. The van der Waals surface area contributed by atoms with Crippen molar-refractivity contribution in [1.82, 2.24) is 19.5 Å². The van der Waals surface area contributed by atoms with Gasteiger partial charge < -0.3 is 10.1 Å². The van der Waals surface area contributed by atoms with Crippen LogP contribution in [0.4, 0.5) is 10.5 Å². The molecular formula is C20H25N5O4S. The topological polar surface area (TPSA) is 115 Å². The van der Waals surface area contributed by atoms with E-state index < -0.39 is 16.1 Å². The van der Waals surface area contributed by atoms with Gasteiger partial charge in [-0.25, -0.2) is 22.6 Å². The lowest BCUT2D eigenvalue weighted by molar-refractivity contribution is 0.196. The monoisotopic (exact) mass is 431 g/mol. The Morgan fingerprint density at radius 3 is 2.87 bits per heavy atom. The molecule has 0 spiro atoms. The number of ether oxygens (including phenoxy) is 1. The second kappa shape index (κ2) is 6.97. The second-order valence-electron chi connectivity index (χ2n) is 8.37. The Kier molecular flexibility index (Phi) is 4.49. The van der Waals surface area contributed by atoms with E-state index in [0.717, 1.165) is 66.7 Å². The van der Waals surface area contributed by atoms with Crippen LogP contribution in [0.1, 0.15) is 67.6 Å². The lowest BCUT2D eigenvalue weighted by Gasteiger charge is -2.22. The van der Waals surface area contributed by atoms with Crippen molar-refractivity contribution >= 4 is 21.7 Å². The van der Waals surface area contributed by atoms with Crippen molar-refractivity contribution in [3.05, 3.63) is 28.7 Å². The van der Waals surface area contributed by atoms with E-state index >= 15 is 0 Å². The van der Waals surface area contributed by atoms with Gasteiger partial charge in [-0.15, -0.1) is 0 Å². The SMILES string of the molecule is CC1CCc2c1nc1c(c2NC(=O)NS(=O)(=O)c2cnn3c2OCCC3C)CCC1. The van der Waals surface area contributed by atoms with Gasteiger partial charge in [-0.05, 0) is 56.1 Å². The van der Waals surface area contributed by atoms with Gasteiger partial charge in [0, 0.05) is 17.8 Å². The van der Waals surface area contributed by atoms with Gasteiger partial charge in [-0.1, -0.05) is 6.92 Å². The van der Waals surface area contributed by atoms with Crippen LogP contribution in [-0.2, 0) is 29.3 Å². The van der Waals surface area contributed by atoms with Crippen molar-refractivity contribution in [2.75, 3.05) is 11.9 Å². The molecule has 0 aromatic carbocycles. The number of amides is 2. The highest BCUT2D eigenvalue weighted by atomic mass is 32.2. The summed E-state index contributed by atoms with van der Waals surface area (Å²) < 4.78 is 35.0. The molecule has 1 aliphatic heterocycles. The third-order valence-electron chi connectivity index (χ3n) is 6.32. The maximum Gasteiger partial charge on any atom is 0.333 e. The Balaban J connectivity index is 1.42. The number of sulfonamides is 1. The smallest absolute Gasteiger partial charge is 0.333 e. The zero-order valence-electron chi connectivity index (χ0n) is 17.1. The minimum absolute atomic E-state index is 0.0375. The predicted molar refractivity (Wildman–Crippen MR) is 109 cm³/mol. The van der Waals surface area contributed by atoms with Gasteiger partial charge in [0.25, 0.3) is 10.0 Å². The highest BCUT2D eigenvalue weighted by molar-refractivity contribution is 7.90.